The zero-order valence-electron chi connectivity index (χ0n) is 7.80. The van der Waals surface area contributed by atoms with Crippen LogP contribution in [0.5, 0.6) is 0 Å². The van der Waals surface area contributed by atoms with Gasteiger partial charge in [0.25, 0.3) is 0 Å². The molecule has 2 nitrogen and oxygen atoms in total. The Morgan fingerprint density at radius 2 is 2.21 bits per heavy atom. The van der Waals surface area contributed by atoms with Crippen LogP contribution >= 0.6 is 15.9 Å². The number of rotatable bonds is 0. The van der Waals surface area contributed by atoms with Crippen LogP contribution < -0.4 is 5.32 Å². The summed E-state index contributed by atoms with van der Waals surface area (Å²) in [6, 6.07) is 4.10. The maximum Gasteiger partial charge on any atom is 0.228 e. The topological polar surface area (TPSA) is 29.1 Å². The summed E-state index contributed by atoms with van der Waals surface area (Å²) < 4.78 is 1.13. The number of carbonyl (C=O) groups is 1. The number of benzene rings is 1. The van der Waals surface area contributed by atoms with Crippen molar-refractivity contribution < 1.29 is 4.79 Å². The van der Waals surface area contributed by atoms with Gasteiger partial charge in [-0.25, -0.2) is 0 Å². The highest BCUT2D eigenvalue weighted by molar-refractivity contribution is 9.10. The van der Waals surface area contributed by atoms with E-state index in [1.165, 1.54) is 5.56 Å². The van der Waals surface area contributed by atoms with Crippen molar-refractivity contribution in [1.82, 2.24) is 0 Å². The molecule has 0 radical (unpaired) electrons. The lowest BCUT2D eigenvalue weighted by molar-refractivity contribution is -0.117. The van der Waals surface area contributed by atoms with E-state index in [-0.39, 0.29) is 11.8 Å². The van der Waals surface area contributed by atoms with Crippen LogP contribution in [0.15, 0.2) is 16.6 Å². The molecule has 2 aliphatic rings. The van der Waals surface area contributed by atoms with Gasteiger partial charge in [-0.1, -0.05) is 22.0 Å². The van der Waals surface area contributed by atoms with Gasteiger partial charge in [0.05, 0.1) is 0 Å². The Morgan fingerprint density at radius 1 is 1.43 bits per heavy atom. The predicted molar refractivity (Wildman–Crippen MR) is 58.4 cm³/mol. The predicted octanol–water partition coefficient (Wildman–Crippen LogP) is 2.81. The van der Waals surface area contributed by atoms with Gasteiger partial charge in [-0.2, -0.15) is 0 Å². The molecular formula is C11H10BrNO. The van der Waals surface area contributed by atoms with Crippen LogP contribution in [-0.4, -0.2) is 5.91 Å². The van der Waals surface area contributed by atoms with Crippen molar-refractivity contribution >= 4 is 27.5 Å². The number of halogens is 1. The average molecular weight is 252 g/mol. The smallest absolute Gasteiger partial charge is 0.228 e. The number of amides is 1. The van der Waals surface area contributed by atoms with Gasteiger partial charge in [-0.05, 0) is 36.5 Å². The summed E-state index contributed by atoms with van der Waals surface area (Å²) in [6.07, 6.45) is 1.01. The second-order valence-corrected chi connectivity index (χ2v) is 4.95. The van der Waals surface area contributed by atoms with Crippen molar-refractivity contribution in [1.29, 1.82) is 0 Å². The fourth-order valence-corrected chi connectivity index (χ4v) is 2.88. The SMILES string of the molecule is Cc1ccc(Br)c2c1NC(=O)C1CC21. The molecule has 1 saturated carbocycles. The summed E-state index contributed by atoms with van der Waals surface area (Å²) in [5.41, 5.74) is 3.49. The first-order valence-corrected chi connectivity index (χ1v) is 5.57. The summed E-state index contributed by atoms with van der Waals surface area (Å²) >= 11 is 3.55. The van der Waals surface area contributed by atoms with Crippen molar-refractivity contribution in [2.45, 2.75) is 19.3 Å². The monoisotopic (exact) mass is 251 g/mol. The molecule has 1 N–H and O–H groups in total. The van der Waals surface area contributed by atoms with Crippen LogP contribution in [0.2, 0.25) is 0 Å². The molecule has 14 heavy (non-hydrogen) atoms. The number of nitrogens with one attached hydrogen (secondary N) is 1. The van der Waals surface area contributed by atoms with Gasteiger partial charge in [-0.3, -0.25) is 4.79 Å². The largest absolute Gasteiger partial charge is 0.325 e. The Labute approximate surface area is 90.8 Å². The van der Waals surface area contributed by atoms with E-state index in [1.54, 1.807) is 0 Å². The Kier molecular flexibility index (Phi) is 1.57. The Balaban J connectivity index is 2.24. The van der Waals surface area contributed by atoms with E-state index in [0.29, 0.717) is 5.92 Å². The average Bonchev–Trinajstić information content (AvgIpc) is 2.91. The highest BCUT2D eigenvalue weighted by atomic mass is 79.9. The standard InChI is InChI=1S/C11H10BrNO/c1-5-2-3-8(12)9-6-4-7(6)11(14)13-10(5)9/h2-3,6-7H,4H2,1H3,(H,13,14). The van der Waals surface area contributed by atoms with E-state index in [0.717, 1.165) is 22.1 Å². The van der Waals surface area contributed by atoms with E-state index in [1.807, 2.05) is 13.0 Å². The van der Waals surface area contributed by atoms with Crippen LogP contribution in [0.4, 0.5) is 5.69 Å². The lowest BCUT2D eigenvalue weighted by Gasteiger charge is -2.19. The molecule has 0 aromatic heterocycles. The van der Waals surface area contributed by atoms with Crippen molar-refractivity contribution in [3.63, 3.8) is 0 Å². The Morgan fingerprint density at radius 3 is 3.00 bits per heavy atom. The minimum absolute atomic E-state index is 0.198. The zero-order chi connectivity index (χ0) is 9.87. The molecule has 2 atom stereocenters. The maximum atomic E-state index is 11.5. The fraction of sp³-hybridized carbons (Fsp3) is 0.364. The number of carbonyl (C=O) groups excluding carboxylic acids is 1. The first kappa shape index (κ1) is 8.48. The molecule has 3 heteroatoms. The number of hydrogen-bond acceptors (Lipinski definition) is 1. The van der Waals surface area contributed by atoms with Crippen LogP contribution in [-0.2, 0) is 4.79 Å². The molecule has 72 valence electrons. The fourth-order valence-electron chi connectivity index (χ4n) is 2.25. The quantitative estimate of drug-likeness (QED) is 0.755. The second kappa shape index (κ2) is 2.60. The second-order valence-electron chi connectivity index (χ2n) is 4.09. The van der Waals surface area contributed by atoms with Gasteiger partial charge in [0.1, 0.15) is 0 Å². The Bertz CT molecular complexity index is 441. The van der Waals surface area contributed by atoms with E-state index >= 15 is 0 Å². The third-order valence-electron chi connectivity index (χ3n) is 3.15. The molecule has 1 fully saturated rings. The van der Waals surface area contributed by atoms with Crippen molar-refractivity contribution in [3.8, 4) is 0 Å². The lowest BCUT2D eigenvalue weighted by Crippen LogP contribution is -2.20. The van der Waals surface area contributed by atoms with E-state index in [2.05, 4.69) is 27.3 Å². The van der Waals surface area contributed by atoms with Gasteiger partial charge in [-0.15, -0.1) is 0 Å². The lowest BCUT2D eigenvalue weighted by atomic mass is 9.99. The van der Waals surface area contributed by atoms with Crippen LogP contribution in [0.1, 0.15) is 23.5 Å². The third kappa shape index (κ3) is 0.989. The van der Waals surface area contributed by atoms with Crippen molar-refractivity contribution in [2.75, 3.05) is 5.32 Å². The van der Waals surface area contributed by atoms with Gasteiger partial charge in [0.2, 0.25) is 5.91 Å². The van der Waals surface area contributed by atoms with E-state index < -0.39 is 0 Å². The molecular weight excluding hydrogens is 242 g/mol. The molecule has 0 saturated heterocycles. The number of anilines is 1. The molecule has 1 aromatic rings. The molecule has 2 unspecified atom stereocenters. The summed E-state index contributed by atoms with van der Waals surface area (Å²) in [5, 5.41) is 2.99. The van der Waals surface area contributed by atoms with Gasteiger partial charge >= 0.3 is 0 Å². The summed E-state index contributed by atoms with van der Waals surface area (Å²) in [4.78, 5) is 11.5. The summed E-state index contributed by atoms with van der Waals surface area (Å²) in [5.74, 6) is 0.900. The molecule has 0 bridgehead atoms. The van der Waals surface area contributed by atoms with Gasteiger partial charge in [0.15, 0.2) is 0 Å². The Hall–Kier alpha value is -0.830. The third-order valence-corrected chi connectivity index (χ3v) is 3.84. The van der Waals surface area contributed by atoms with Gasteiger partial charge in [0, 0.05) is 16.1 Å². The molecule has 1 aliphatic heterocycles. The van der Waals surface area contributed by atoms with Crippen molar-refractivity contribution in [2.24, 2.45) is 5.92 Å². The highest BCUT2D eigenvalue weighted by Crippen LogP contribution is 2.56. The minimum atomic E-state index is 0.198. The number of fused-ring (bicyclic) bond motifs is 3. The molecule has 3 rings (SSSR count). The van der Waals surface area contributed by atoms with Crippen LogP contribution in [0.3, 0.4) is 0 Å². The molecule has 0 spiro atoms. The first-order chi connectivity index (χ1) is 6.68. The summed E-state index contributed by atoms with van der Waals surface area (Å²) in [7, 11) is 0. The minimum Gasteiger partial charge on any atom is -0.325 e. The zero-order valence-corrected chi connectivity index (χ0v) is 9.39. The van der Waals surface area contributed by atoms with Crippen LogP contribution in [0, 0.1) is 12.8 Å². The summed E-state index contributed by atoms with van der Waals surface area (Å²) in [6.45, 7) is 2.04. The molecule has 1 heterocycles. The first-order valence-electron chi connectivity index (χ1n) is 4.78. The molecule has 1 aromatic carbocycles. The van der Waals surface area contributed by atoms with E-state index in [4.69, 9.17) is 0 Å². The van der Waals surface area contributed by atoms with Crippen LogP contribution in [0.25, 0.3) is 0 Å². The number of aryl methyl sites for hydroxylation is 1. The maximum absolute atomic E-state index is 11.5. The molecule has 1 aliphatic carbocycles. The normalized spacial score (nSPS) is 27.7. The highest BCUT2D eigenvalue weighted by Gasteiger charge is 2.49. The number of hydrogen-bond donors (Lipinski definition) is 1. The van der Waals surface area contributed by atoms with Crippen molar-refractivity contribution in [3.05, 3.63) is 27.7 Å². The molecule has 1 amide bonds. The van der Waals surface area contributed by atoms with Gasteiger partial charge < -0.3 is 5.32 Å². The van der Waals surface area contributed by atoms with E-state index in [9.17, 15) is 4.79 Å².